The first-order chi connectivity index (χ1) is 8.92. The average molecular weight is 301 g/mol. The van der Waals surface area contributed by atoms with Crippen molar-refractivity contribution in [2.75, 3.05) is 18.4 Å². The predicted octanol–water partition coefficient (Wildman–Crippen LogP) is 3.63. The molecule has 2 N–H and O–H groups in total. The Morgan fingerprint density at radius 2 is 1.89 bits per heavy atom. The third kappa shape index (κ3) is 3.22. The second-order valence-corrected chi connectivity index (χ2v) is 6.16. The zero-order valence-electron chi connectivity index (χ0n) is 11.1. The molecule has 0 bridgehead atoms. The van der Waals surface area contributed by atoms with E-state index in [4.69, 9.17) is 23.2 Å². The van der Waals surface area contributed by atoms with Crippen LogP contribution in [-0.4, -0.2) is 19.0 Å². The van der Waals surface area contributed by atoms with Gasteiger partial charge >= 0.3 is 0 Å². The molecule has 1 amide bonds. The summed E-state index contributed by atoms with van der Waals surface area (Å²) >= 11 is 12.2. The van der Waals surface area contributed by atoms with Crippen molar-refractivity contribution in [2.24, 2.45) is 5.41 Å². The quantitative estimate of drug-likeness (QED) is 0.876. The lowest BCUT2D eigenvalue weighted by Crippen LogP contribution is -2.42. The van der Waals surface area contributed by atoms with E-state index in [2.05, 4.69) is 10.6 Å². The SMILES string of the molecule is Cc1cc(Cl)c(NC(=O)C2(C)CCNCC2)cc1Cl. The van der Waals surface area contributed by atoms with Gasteiger partial charge in [-0.05, 0) is 50.6 Å². The molecule has 0 spiro atoms. The number of benzene rings is 1. The first kappa shape index (κ1) is 14.6. The second kappa shape index (κ2) is 5.70. The first-order valence-corrected chi connectivity index (χ1v) is 7.16. The maximum atomic E-state index is 12.4. The van der Waals surface area contributed by atoms with Gasteiger partial charge < -0.3 is 10.6 Å². The molecule has 1 fully saturated rings. The van der Waals surface area contributed by atoms with Crippen molar-refractivity contribution in [3.63, 3.8) is 0 Å². The number of nitrogens with one attached hydrogen (secondary N) is 2. The molecule has 0 atom stereocenters. The number of carbonyl (C=O) groups excluding carboxylic acids is 1. The Morgan fingerprint density at radius 3 is 2.53 bits per heavy atom. The van der Waals surface area contributed by atoms with Crippen molar-refractivity contribution >= 4 is 34.8 Å². The van der Waals surface area contributed by atoms with Gasteiger partial charge in [-0.3, -0.25) is 4.79 Å². The highest BCUT2D eigenvalue weighted by molar-refractivity contribution is 6.36. The minimum absolute atomic E-state index is 0.0100. The van der Waals surface area contributed by atoms with Crippen LogP contribution in [-0.2, 0) is 4.79 Å². The molecule has 1 heterocycles. The van der Waals surface area contributed by atoms with Gasteiger partial charge in [0.25, 0.3) is 0 Å². The molecule has 1 aromatic carbocycles. The topological polar surface area (TPSA) is 41.1 Å². The molecule has 0 unspecified atom stereocenters. The number of hydrogen-bond donors (Lipinski definition) is 2. The molecule has 0 saturated carbocycles. The number of halogens is 2. The molecule has 1 aromatic rings. The van der Waals surface area contributed by atoms with E-state index in [0.29, 0.717) is 15.7 Å². The van der Waals surface area contributed by atoms with Crippen LogP contribution in [0.2, 0.25) is 10.0 Å². The summed E-state index contributed by atoms with van der Waals surface area (Å²) in [5, 5.41) is 7.29. The van der Waals surface area contributed by atoms with Gasteiger partial charge in [0.15, 0.2) is 0 Å². The Kier molecular flexibility index (Phi) is 4.39. The van der Waals surface area contributed by atoms with Crippen molar-refractivity contribution in [3.8, 4) is 0 Å². The van der Waals surface area contributed by atoms with E-state index < -0.39 is 0 Å². The average Bonchev–Trinajstić information content (AvgIpc) is 2.36. The summed E-state index contributed by atoms with van der Waals surface area (Å²) in [5.41, 5.74) is 1.14. The van der Waals surface area contributed by atoms with Crippen molar-refractivity contribution in [1.82, 2.24) is 5.32 Å². The molecule has 0 aliphatic carbocycles. The zero-order valence-corrected chi connectivity index (χ0v) is 12.7. The number of amides is 1. The van der Waals surface area contributed by atoms with E-state index in [1.165, 1.54) is 0 Å². The molecule has 1 aliphatic rings. The fraction of sp³-hybridized carbons (Fsp3) is 0.500. The third-order valence-electron chi connectivity index (χ3n) is 3.75. The highest BCUT2D eigenvalue weighted by Gasteiger charge is 2.34. The normalized spacial score (nSPS) is 18.1. The molecule has 1 aliphatic heterocycles. The van der Waals surface area contributed by atoms with E-state index >= 15 is 0 Å². The van der Waals surface area contributed by atoms with Gasteiger partial charge in [-0.2, -0.15) is 0 Å². The van der Waals surface area contributed by atoms with Crippen LogP contribution in [0, 0.1) is 12.3 Å². The van der Waals surface area contributed by atoms with Crippen molar-refractivity contribution in [2.45, 2.75) is 26.7 Å². The number of aryl methyl sites for hydroxylation is 1. The van der Waals surface area contributed by atoms with Gasteiger partial charge in [0.05, 0.1) is 10.7 Å². The predicted molar refractivity (Wildman–Crippen MR) is 80.0 cm³/mol. The molecule has 104 valence electrons. The highest BCUT2D eigenvalue weighted by atomic mass is 35.5. The smallest absolute Gasteiger partial charge is 0.230 e. The Balaban J connectivity index is 2.16. The van der Waals surface area contributed by atoms with Crippen LogP contribution in [0.4, 0.5) is 5.69 Å². The van der Waals surface area contributed by atoms with Crippen LogP contribution >= 0.6 is 23.2 Å². The van der Waals surface area contributed by atoms with Crippen LogP contribution in [0.5, 0.6) is 0 Å². The van der Waals surface area contributed by atoms with Crippen LogP contribution in [0.1, 0.15) is 25.3 Å². The van der Waals surface area contributed by atoms with Crippen LogP contribution in [0.15, 0.2) is 12.1 Å². The fourth-order valence-electron chi connectivity index (χ4n) is 2.22. The number of anilines is 1. The molecule has 5 heteroatoms. The van der Waals surface area contributed by atoms with Gasteiger partial charge in [0, 0.05) is 10.4 Å². The summed E-state index contributed by atoms with van der Waals surface area (Å²) in [6.45, 7) is 5.61. The van der Waals surface area contributed by atoms with Crippen LogP contribution in [0.3, 0.4) is 0 Å². The number of hydrogen-bond acceptors (Lipinski definition) is 2. The first-order valence-electron chi connectivity index (χ1n) is 6.40. The van der Waals surface area contributed by atoms with Crippen LogP contribution < -0.4 is 10.6 Å². The summed E-state index contributed by atoms with van der Waals surface area (Å²) in [7, 11) is 0. The van der Waals surface area contributed by atoms with Gasteiger partial charge in [0.1, 0.15) is 0 Å². The van der Waals surface area contributed by atoms with E-state index in [1.54, 1.807) is 12.1 Å². The van der Waals surface area contributed by atoms with E-state index in [1.807, 2.05) is 13.8 Å². The highest BCUT2D eigenvalue weighted by Crippen LogP contribution is 2.33. The van der Waals surface area contributed by atoms with Gasteiger partial charge in [-0.25, -0.2) is 0 Å². The Morgan fingerprint density at radius 1 is 1.26 bits per heavy atom. The summed E-state index contributed by atoms with van der Waals surface area (Å²) in [6.07, 6.45) is 1.66. The standard InChI is InChI=1S/C14H18Cl2N2O/c1-9-7-11(16)12(8-10(9)15)18-13(19)14(2)3-5-17-6-4-14/h7-8,17H,3-6H2,1-2H3,(H,18,19). The summed E-state index contributed by atoms with van der Waals surface area (Å²) in [5.74, 6) is 0.0100. The zero-order chi connectivity index (χ0) is 14.0. The molecular formula is C14H18Cl2N2O. The van der Waals surface area contributed by atoms with Crippen molar-refractivity contribution in [3.05, 3.63) is 27.7 Å². The van der Waals surface area contributed by atoms with Gasteiger partial charge in [0.2, 0.25) is 5.91 Å². The Bertz CT molecular complexity index is 496. The Labute approximate surface area is 123 Å². The van der Waals surface area contributed by atoms with Crippen molar-refractivity contribution in [1.29, 1.82) is 0 Å². The van der Waals surface area contributed by atoms with E-state index in [9.17, 15) is 4.79 Å². The second-order valence-electron chi connectivity index (χ2n) is 5.35. The Hall–Kier alpha value is -0.770. The molecule has 0 aromatic heterocycles. The molecule has 2 rings (SSSR count). The third-order valence-corrected chi connectivity index (χ3v) is 4.47. The monoisotopic (exact) mass is 300 g/mol. The van der Waals surface area contributed by atoms with E-state index in [-0.39, 0.29) is 11.3 Å². The minimum atomic E-state index is -0.341. The van der Waals surface area contributed by atoms with Gasteiger partial charge in [-0.1, -0.05) is 30.1 Å². The molecule has 0 radical (unpaired) electrons. The number of piperidine rings is 1. The molecule has 1 saturated heterocycles. The molecule has 3 nitrogen and oxygen atoms in total. The largest absolute Gasteiger partial charge is 0.324 e. The summed E-state index contributed by atoms with van der Waals surface area (Å²) in [6, 6.07) is 3.48. The lowest BCUT2D eigenvalue weighted by molar-refractivity contribution is -0.126. The molecular weight excluding hydrogens is 283 g/mol. The summed E-state index contributed by atoms with van der Waals surface area (Å²) < 4.78 is 0. The lowest BCUT2D eigenvalue weighted by atomic mass is 9.80. The lowest BCUT2D eigenvalue weighted by Gasteiger charge is -2.32. The number of carbonyl (C=O) groups is 1. The fourth-order valence-corrected chi connectivity index (χ4v) is 2.65. The van der Waals surface area contributed by atoms with Crippen LogP contribution in [0.25, 0.3) is 0 Å². The summed E-state index contributed by atoms with van der Waals surface area (Å²) in [4.78, 5) is 12.4. The maximum Gasteiger partial charge on any atom is 0.230 e. The number of rotatable bonds is 2. The maximum absolute atomic E-state index is 12.4. The minimum Gasteiger partial charge on any atom is -0.324 e. The van der Waals surface area contributed by atoms with Crippen molar-refractivity contribution < 1.29 is 4.79 Å². The van der Waals surface area contributed by atoms with Gasteiger partial charge in [-0.15, -0.1) is 0 Å². The van der Waals surface area contributed by atoms with E-state index in [0.717, 1.165) is 31.5 Å². The molecule has 19 heavy (non-hydrogen) atoms.